The Kier molecular flexibility index (Phi) is 2.33. The molecule has 3 aromatic rings. The Bertz CT molecular complexity index is 685. The van der Waals surface area contributed by atoms with Gasteiger partial charge in [-0.3, -0.25) is 4.40 Å². The van der Waals surface area contributed by atoms with Crippen LogP contribution in [-0.2, 0) is 0 Å². The van der Waals surface area contributed by atoms with Gasteiger partial charge in [-0.2, -0.15) is 0 Å². The summed E-state index contributed by atoms with van der Waals surface area (Å²) in [4.78, 5) is 4.25. The van der Waals surface area contributed by atoms with Crippen molar-refractivity contribution in [1.29, 1.82) is 0 Å². The van der Waals surface area contributed by atoms with E-state index in [1.807, 2.05) is 31.2 Å². The van der Waals surface area contributed by atoms with Crippen LogP contribution >= 0.6 is 0 Å². The van der Waals surface area contributed by atoms with Crippen molar-refractivity contribution in [3.8, 4) is 0 Å². The maximum Gasteiger partial charge on any atom is 0.226 e. The molecule has 0 amide bonds. The van der Waals surface area contributed by atoms with Crippen molar-refractivity contribution in [2.45, 2.75) is 6.92 Å². The molecule has 2 aromatic heterocycles. The van der Waals surface area contributed by atoms with Gasteiger partial charge in [-0.05, 0) is 19.1 Å². The van der Waals surface area contributed by atoms with Gasteiger partial charge in [0.05, 0.1) is 0 Å². The average molecular weight is 240 g/mol. The molecule has 2 heterocycles. The SMILES string of the molecule is Cc1ccc(Nc2nccn3c(N)nnc23)cc1. The molecule has 0 saturated heterocycles. The van der Waals surface area contributed by atoms with Crippen molar-refractivity contribution in [2.75, 3.05) is 11.1 Å². The highest BCUT2D eigenvalue weighted by Gasteiger charge is 2.07. The molecule has 0 atom stereocenters. The zero-order valence-electron chi connectivity index (χ0n) is 9.83. The molecule has 18 heavy (non-hydrogen) atoms. The fraction of sp³-hybridized carbons (Fsp3) is 0.0833. The Balaban J connectivity index is 2.02. The van der Waals surface area contributed by atoms with Crippen LogP contribution in [0.4, 0.5) is 17.5 Å². The molecular formula is C12H12N6. The molecule has 1 aromatic carbocycles. The number of fused-ring (bicyclic) bond motifs is 1. The number of nitrogens with zero attached hydrogens (tertiary/aromatic N) is 4. The zero-order valence-corrected chi connectivity index (χ0v) is 9.83. The third kappa shape index (κ3) is 1.73. The van der Waals surface area contributed by atoms with Gasteiger partial charge in [0, 0.05) is 18.1 Å². The minimum Gasteiger partial charge on any atom is -0.368 e. The summed E-state index contributed by atoms with van der Waals surface area (Å²) in [6.45, 7) is 2.04. The summed E-state index contributed by atoms with van der Waals surface area (Å²) in [6, 6.07) is 8.03. The number of aryl methyl sites for hydroxylation is 1. The number of hydrogen-bond acceptors (Lipinski definition) is 5. The Morgan fingerprint density at radius 2 is 1.94 bits per heavy atom. The monoisotopic (exact) mass is 240 g/mol. The van der Waals surface area contributed by atoms with Crippen molar-refractivity contribution in [3.63, 3.8) is 0 Å². The Hall–Kier alpha value is -2.63. The van der Waals surface area contributed by atoms with Gasteiger partial charge in [0.2, 0.25) is 11.6 Å². The van der Waals surface area contributed by atoms with Crippen molar-refractivity contribution in [1.82, 2.24) is 19.6 Å². The van der Waals surface area contributed by atoms with Gasteiger partial charge in [0.25, 0.3) is 0 Å². The molecule has 0 fully saturated rings. The number of aromatic nitrogens is 4. The molecule has 0 unspecified atom stereocenters. The summed E-state index contributed by atoms with van der Waals surface area (Å²) >= 11 is 0. The molecule has 3 N–H and O–H groups in total. The summed E-state index contributed by atoms with van der Waals surface area (Å²) < 4.78 is 1.68. The quantitative estimate of drug-likeness (QED) is 0.713. The molecule has 0 saturated carbocycles. The fourth-order valence-corrected chi connectivity index (χ4v) is 1.71. The maximum absolute atomic E-state index is 5.69. The van der Waals surface area contributed by atoms with Crippen molar-refractivity contribution >= 4 is 23.1 Å². The van der Waals surface area contributed by atoms with Crippen LogP contribution in [0.3, 0.4) is 0 Å². The molecule has 90 valence electrons. The van der Waals surface area contributed by atoms with E-state index in [0.717, 1.165) is 5.69 Å². The van der Waals surface area contributed by atoms with Crippen LogP contribution in [0.25, 0.3) is 5.65 Å². The summed E-state index contributed by atoms with van der Waals surface area (Å²) in [5.41, 5.74) is 8.45. The molecule has 0 aliphatic rings. The first kappa shape index (κ1) is 10.5. The van der Waals surface area contributed by atoms with E-state index in [1.165, 1.54) is 5.56 Å². The zero-order chi connectivity index (χ0) is 12.5. The van der Waals surface area contributed by atoms with Gasteiger partial charge in [-0.25, -0.2) is 4.98 Å². The molecular weight excluding hydrogens is 228 g/mol. The molecule has 6 heteroatoms. The van der Waals surface area contributed by atoms with Gasteiger partial charge < -0.3 is 11.1 Å². The lowest BCUT2D eigenvalue weighted by molar-refractivity contribution is 1.12. The standard InChI is InChI=1S/C12H12N6/c1-8-2-4-9(5-3-8)15-10-11-16-17-12(13)18(11)7-6-14-10/h2-7H,1H3,(H2,13,17)(H,14,15). The van der Waals surface area contributed by atoms with Crippen molar-refractivity contribution < 1.29 is 0 Å². The van der Waals surface area contributed by atoms with Gasteiger partial charge in [-0.15, -0.1) is 10.2 Å². The van der Waals surface area contributed by atoms with Gasteiger partial charge in [0.1, 0.15) is 0 Å². The van der Waals surface area contributed by atoms with Crippen LogP contribution in [0.5, 0.6) is 0 Å². The van der Waals surface area contributed by atoms with Crippen LogP contribution in [0, 0.1) is 6.92 Å². The average Bonchev–Trinajstić information content (AvgIpc) is 2.76. The highest BCUT2D eigenvalue weighted by atomic mass is 15.3. The first-order chi connectivity index (χ1) is 8.74. The predicted molar refractivity (Wildman–Crippen MR) is 69.7 cm³/mol. The Labute approximate surface area is 103 Å². The second-order valence-electron chi connectivity index (χ2n) is 4.02. The third-order valence-corrected chi connectivity index (χ3v) is 2.67. The highest BCUT2D eigenvalue weighted by Crippen LogP contribution is 2.19. The lowest BCUT2D eigenvalue weighted by atomic mass is 10.2. The summed E-state index contributed by atoms with van der Waals surface area (Å²) in [5.74, 6) is 0.977. The minimum absolute atomic E-state index is 0.347. The van der Waals surface area contributed by atoms with Crippen LogP contribution in [0.1, 0.15) is 5.56 Å². The van der Waals surface area contributed by atoms with E-state index >= 15 is 0 Å². The van der Waals surface area contributed by atoms with E-state index in [2.05, 4.69) is 20.5 Å². The van der Waals surface area contributed by atoms with E-state index in [9.17, 15) is 0 Å². The molecule has 6 nitrogen and oxygen atoms in total. The Morgan fingerprint density at radius 1 is 1.17 bits per heavy atom. The third-order valence-electron chi connectivity index (χ3n) is 2.67. The van der Waals surface area contributed by atoms with E-state index < -0.39 is 0 Å². The first-order valence-corrected chi connectivity index (χ1v) is 5.53. The fourth-order valence-electron chi connectivity index (χ4n) is 1.71. The van der Waals surface area contributed by atoms with Crippen LogP contribution in [0.2, 0.25) is 0 Å². The Morgan fingerprint density at radius 3 is 2.72 bits per heavy atom. The number of rotatable bonds is 2. The molecule has 0 bridgehead atoms. The predicted octanol–water partition coefficient (Wildman–Crippen LogP) is 1.76. The van der Waals surface area contributed by atoms with Crippen molar-refractivity contribution in [3.05, 3.63) is 42.2 Å². The first-order valence-electron chi connectivity index (χ1n) is 5.53. The summed E-state index contributed by atoms with van der Waals surface area (Å²) in [6.07, 6.45) is 3.38. The smallest absolute Gasteiger partial charge is 0.226 e. The number of nitrogens with two attached hydrogens (primary N) is 1. The minimum atomic E-state index is 0.347. The van der Waals surface area contributed by atoms with Crippen LogP contribution < -0.4 is 11.1 Å². The van der Waals surface area contributed by atoms with E-state index in [1.54, 1.807) is 16.8 Å². The van der Waals surface area contributed by atoms with Crippen LogP contribution in [-0.4, -0.2) is 19.6 Å². The van der Waals surface area contributed by atoms with Gasteiger partial charge >= 0.3 is 0 Å². The molecule has 0 spiro atoms. The lowest BCUT2D eigenvalue weighted by Crippen LogP contribution is -1.99. The normalized spacial score (nSPS) is 10.7. The van der Waals surface area contributed by atoms with Gasteiger partial charge in [0.15, 0.2) is 5.82 Å². The van der Waals surface area contributed by atoms with E-state index in [4.69, 9.17) is 5.73 Å². The number of nitrogens with one attached hydrogen (secondary N) is 1. The summed E-state index contributed by atoms with van der Waals surface area (Å²) in [7, 11) is 0. The number of hydrogen-bond donors (Lipinski definition) is 2. The second kappa shape index (κ2) is 3.99. The lowest BCUT2D eigenvalue weighted by Gasteiger charge is -2.06. The van der Waals surface area contributed by atoms with E-state index in [0.29, 0.717) is 17.4 Å². The number of nitrogen functional groups attached to an aromatic ring is 1. The molecule has 0 radical (unpaired) electrons. The number of benzene rings is 1. The van der Waals surface area contributed by atoms with Gasteiger partial charge in [-0.1, -0.05) is 17.7 Å². The topological polar surface area (TPSA) is 81.1 Å². The van der Waals surface area contributed by atoms with E-state index in [-0.39, 0.29) is 0 Å². The molecule has 3 rings (SSSR count). The maximum atomic E-state index is 5.69. The summed E-state index contributed by atoms with van der Waals surface area (Å²) in [5, 5.41) is 11.0. The van der Waals surface area contributed by atoms with Crippen LogP contribution in [0.15, 0.2) is 36.7 Å². The van der Waals surface area contributed by atoms with Crippen molar-refractivity contribution in [2.24, 2.45) is 0 Å². The highest BCUT2D eigenvalue weighted by molar-refractivity contribution is 5.70. The number of anilines is 3. The second-order valence-corrected chi connectivity index (χ2v) is 4.02. The molecule has 0 aliphatic heterocycles. The molecule has 0 aliphatic carbocycles. The largest absolute Gasteiger partial charge is 0.368 e.